The molecule has 0 saturated carbocycles. The maximum absolute atomic E-state index is 14.7. The number of benzene rings is 3. The van der Waals surface area contributed by atoms with E-state index in [2.05, 4.69) is 42.5 Å². The second-order valence-electron chi connectivity index (χ2n) is 23.7. The molecule has 23 heteroatoms. The van der Waals surface area contributed by atoms with Gasteiger partial charge in [-0.25, -0.2) is 4.79 Å². The number of carboxylic acids is 1. The first-order valence-electron chi connectivity index (χ1n) is 29.5. The number of amides is 9. The number of Topliss-reactive ketones (excluding diaryl/α,β-unsaturated/α-hetero) is 1. The number of carbonyl (C=O) groups excluding carboxylic acids is 9. The van der Waals surface area contributed by atoms with Crippen LogP contribution in [0.5, 0.6) is 0 Å². The lowest BCUT2D eigenvalue weighted by atomic mass is 9.93. The Hall–Kier alpha value is -7.76. The fourth-order valence-corrected chi connectivity index (χ4v) is 10.1. The fourth-order valence-electron chi connectivity index (χ4n) is 10.1. The van der Waals surface area contributed by atoms with Crippen molar-refractivity contribution < 1.29 is 67.0 Å². The van der Waals surface area contributed by atoms with Gasteiger partial charge in [0.25, 0.3) is 5.91 Å². The van der Waals surface area contributed by atoms with Gasteiger partial charge in [0.2, 0.25) is 35.4 Å². The number of nitrogens with zero attached hydrogens (tertiary/aromatic N) is 1. The lowest BCUT2D eigenvalue weighted by molar-refractivity contribution is -0.940. The molecule has 2 fully saturated rings. The lowest BCUT2D eigenvalue weighted by Crippen LogP contribution is -2.61. The summed E-state index contributed by atoms with van der Waals surface area (Å²) in [5.74, 6) is -5.88. The van der Waals surface area contributed by atoms with Gasteiger partial charge in [-0.3, -0.25) is 43.2 Å². The third-order valence-corrected chi connectivity index (χ3v) is 15.0. The van der Waals surface area contributed by atoms with Crippen LogP contribution in [0.2, 0.25) is 0 Å². The molecular weight excluding hydrogens is 1090 g/mol. The first-order valence-corrected chi connectivity index (χ1v) is 29.5. The number of aryl methyl sites for hydroxylation is 1. The fraction of sp³-hybridized carbons (Fsp3) is 0.548. The van der Waals surface area contributed by atoms with Crippen molar-refractivity contribution in [3.05, 3.63) is 102 Å². The van der Waals surface area contributed by atoms with Crippen LogP contribution in [0.1, 0.15) is 110 Å². The zero-order valence-corrected chi connectivity index (χ0v) is 50.2. The highest BCUT2D eigenvalue weighted by Crippen LogP contribution is 2.30. The molecule has 464 valence electrons. The highest BCUT2D eigenvalue weighted by molar-refractivity contribution is 6.00. The summed E-state index contributed by atoms with van der Waals surface area (Å²) in [5, 5.41) is 31.4. The SMILES string of the molecule is CC(C)C[C@H](NC(=O)[C@H](CCc1ccccc1)NC(=O)C[N+]1(Cc2ccc(NC(=O)[C@H](CCCNC(N)=O)NC(=O)[C@@H](NC(=O)CCC(=O)O)C(C)C)cc2)CCOCC1)C(=O)NC(Cc1ccccc1)C(=O)N[C@@H](CC(C)C)C(=O)[C@@]1(C)CO1. The van der Waals surface area contributed by atoms with Gasteiger partial charge in [0.15, 0.2) is 12.3 Å². The Balaban J connectivity index is 1.31. The summed E-state index contributed by atoms with van der Waals surface area (Å²) in [7, 11) is 0. The predicted octanol–water partition coefficient (Wildman–Crippen LogP) is 3.18. The van der Waals surface area contributed by atoms with E-state index < -0.39 is 108 Å². The molecule has 3 aromatic carbocycles. The van der Waals surface area contributed by atoms with Gasteiger partial charge < -0.3 is 67.3 Å². The summed E-state index contributed by atoms with van der Waals surface area (Å²) in [6.07, 6.45) is 0.848. The Kier molecular flexibility index (Phi) is 26.5. The molecule has 0 bridgehead atoms. The maximum Gasteiger partial charge on any atom is 0.312 e. The summed E-state index contributed by atoms with van der Waals surface area (Å²) in [6.45, 7) is 15.2. The van der Waals surface area contributed by atoms with Crippen molar-refractivity contribution in [3.63, 3.8) is 0 Å². The molecule has 2 aliphatic heterocycles. The number of primary amides is 1. The van der Waals surface area contributed by atoms with Crippen LogP contribution in [-0.4, -0.2) is 157 Å². The molecule has 2 saturated heterocycles. The number of epoxide rings is 1. The topological polar surface area (TPSA) is 335 Å². The highest BCUT2D eigenvalue weighted by atomic mass is 16.6. The Bertz CT molecular complexity index is 2730. The molecule has 5 rings (SSSR count). The molecular formula is C62H89N10O13+. The minimum atomic E-state index is -1.17. The normalized spacial score (nSPS) is 17.4. The number of carbonyl (C=O) groups is 10. The lowest BCUT2D eigenvalue weighted by Gasteiger charge is -2.41. The number of nitrogens with two attached hydrogens (primary N) is 1. The van der Waals surface area contributed by atoms with E-state index in [0.717, 1.165) is 16.7 Å². The van der Waals surface area contributed by atoms with E-state index in [4.69, 9.17) is 20.3 Å². The Labute approximate surface area is 498 Å². The third kappa shape index (κ3) is 23.3. The number of hydrogen-bond donors (Lipinski definition) is 10. The van der Waals surface area contributed by atoms with Crippen LogP contribution in [0.25, 0.3) is 0 Å². The zero-order valence-electron chi connectivity index (χ0n) is 50.2. The van der Waals surface area contributed by atoms with Crippen molar-refractivity contribution in [2.24, 2.45) is 23.5 Å². The first kappa shape index (κ1) is 68.0. The van der Waals surface area contributed by atoms with Crippen molar-refractivity contribution in [3.8, 4) is 0 Å². The van der Waals surface area contributed by atoms with Gasteiger partial charge >= 0.3 is 12.0 Å². The molecule has 1 unspecified atom stereocenters. The highest BCUT2D eigenvalue weighted by Gasteiger charge is 2.50. The minimum absolute atomic E-state index is 0.0297. The molecule has 2 aliphatic rings. The summed E-state index contributed by atoms with van der Waals surface area (Å²) in [4.78, 5) is 134. The number of carboxylic acid groups (broad SMARTS) is 1. The zero-order chi connectivity index (χ0) is 62.3. The first-order chi connectivity index (χ1) is 40.3. The van der Waals surface area contributed by atoms with E-state index >= 15 is 0 Å². The van der Waals surface area contributed by atoms with E-state index in [1.165, 1.54) is 0 Å². The molecule has 0 aliphatic carbocycles. The largest absolute Gasteiger partial charge is 0.481 e. The van der Waals surface area contributed by atoms with Gasteiger partial charge in [0.05, 0.1) is 32.3 Å². The van der Waals surface area contributed by atoms with E-state index in [9.17, 15) is 47.9 Å². The van der Waals surface area contributed by atoms with E-state index in [1.54, 1.807) is 32.9 Å². The van der Waals surface area contributed by atoms with Gasteiger partial charge in [0.1, 0.15) is 55.4 Å². The van der Waals surface area contributed by atoms with Crippen LogP contribution in [0.4, 0.5) is 10.5 Å². The number of anilines is 1. The Morgan fingerprint density at radius 2 is 1.14 bits per heavy atom. The molecule has 85 heavy (non-hydrogen) atoms. The maximum atomic E-state index is 14.7. The number of rotatable bonds is 35. The van der Waals surface area contributed by atoms with Crippen LogP contribution >= 0.6 is 0 Å². The number of ketones is 1. The molecule has 2 heterocycles. The Morgan fingerprint density at radius 1 is 0.600 bits per heavy atom. The minimum Gasteiger partial charge on any atom is -0.481 e. The number of hydrogen-bond acceptors (Lipinski definition) is 12. The molecule has 23 nitrogen and oxygen atoms in total. The second-order valence-corrected chi connectivity index (χ2v) is 23.7. The van der Waals surface area contributed by atoms with Crippen LogP contribution in [-0.2, 0) is 72.0 Å². The number of nitrogens with one attached hydrogen (secondary N) is 8. The summed E-state index contributed by atoms with van der Waals surface area (Å²) >= 11 is 0. The number of quaternary nitrogens is 1. The monoisotopic (exact) mass is 1180 g/mol. The predicted molar refractivity (Wildman–Crippen MR) is 318 cm³/mol. The van der Waals surface area contributed by atoms with Gasteiger partial charge in [-0.2, -0.15) is 0 Å². The van der Waals surface area contributed by atoms with Crippen molar-refractivity contribution >= 4 is 64.8 Å². The average molecular weight is 1180 g/mol. The number of morpholine rings is 1. The van der Waals surface area contributed by atoms with Crippen molar-refractivity contribution in [2.45, 2.75) is 155 Å². The summed E-state index contributed by atoms with van der Waals surface area (Å²) in [6, 6.07) is 18.5. The van der Waals surface area contributed by atoms with Gasteiger partial charge in [-0.1, -0.05) is 114 Å². The summed E-state index contributed by atoms with van der Waals surface area (Å²) < 4.78 is 11.5. The molecule has 0 spiro atoms. The van der Waals surface area contributed by atoms with E-state index in [-0.39, 0.29) is 80.3 Å². The van der Waals surface area contributed by atoms with Crippen LogP contribution in [0.3, 0.4) is 0 Å². The Morgan fingerprint density at radius 3 is 1.72 bits per heavy atom. The van der Waals surface area contributed by atoms with Gasteiger partial charge in [-0.15, -0.1) is 0 Å². The third-order valence-electron chi connectivity index (χ3n) is 15.0. The van der Waals surface area contributed by atoms with Crippen molar-refractivity contribution in [1.29, 1.82) is 0 Å². The van der Waals surface area contributed by atoms with Crippen LogP contribution < -0.4 is 48.3 Å². The smallest absolute Gasteiger partial charge is 0.312 e. The average Bonchev–Trinajstić information content (AvgIpc) is 4.20. The molecule has 3 aromatic rings. The quantitative estimate of drug-likeness (QED) is 0.0230. The number of aliphatic carboxylic acids is 1. The van der Waals surface area contributed by atoms with Crippen LogP contribution in [0.15, 0.2) is 84.9 Å². The standard InChI is InChI=1S/C62H88N10O13/c1-39(2)33-48(55(77)62(7)38-85-62)68-59(81)50(35-43-17-12-9-13-18-43)70-58(80)49(34-40(3)4)69-57(79)47(25-22-42-15-10-8-11-16-42)66-52(74)37-72(29-31-84-32-30-72)36-44-20-23-45(24-21-44)65-56(78)46(19-14-28-64-61(63)83)67-60(82)54(41(5)6)71-51(73)26-27-53(75)76/h8-13,15-18,20-21,23-24,39-41,46-50,54H,14,19,22,25-38H2,1-7H3,(H10-,63,64,65,66,67,68,69,70,71,73,74,75,76,78,79,80,81,82,83)/p+1/t46-,47-,48-,49-,50?,54-,62+/m0/s1. The van der Waals surface area contributed by atoms with Gasteiger partial charge in [-0.05, 0) is 86.5 Å². The van der Waals surface area contributed by atoms with Crippen molar-refractivity contribution in [2.75, 3.05) is 51.3 Å². The van der Waals surface area contributed by atoms with E-state index in [0.29, 0.717) is 51.4 Å². The number of ether oxygens (including phenoxy) is 2. The number of urea groups is 1. The molecule has 9 amide bonds. The molecule has 11 N–H and O–H groups in total. The molecule has 0 radical (unpaired) electrons. The summed E-state index contributed by atoms with van der Waals surface area (Å²) in [5.41, 5.74) is 7.15. The van der Waals surface area contributed by atoms with Crippen molar-refractivity contribution in [1.82, 2.24) is 37.2 Å². The second kappa shape index (κ2) is 33.1. The van der Waals surface area contributed by atoms with Gasteiger partial charge in [0, 0.05) is 30.6 Å². The molecule has 0 aromatic heterocycles. The molecule has 7 atom stereocenters. The van der Waals surface area contributed by atoms with Crippen LogP contribution in [0, 0.1) is 17.8 Å². The van der Waals surface area contributed by atoms with E-state index in [1.807, 2.05) is 100 Å².